The molecule has 0 atom stereocenters. The van der Waals surface area contributed by atoms with E-state index in [-0.39, 0.29) is 16.8 Å². The molecule has 1 aliphatic rings. The predicted octanol–water partition coefficient (Wildman–Crippen LogP) is -0.309. The molecule has 0 saturated carbocycles. The molecule has 0 radical (unpaired) electrons. The average Bonchev–Trinajstić information content (AvgIpc) is 2.66. The maximum absolute atomic E-state index is 12.3. The van der Waals surface area contributed by atoms with Crippen LogP contribution >= 0.6 is 11.8 Å². The van der Waals surface area contributed by atoms with Crippen molar-refractivity contribution in [3.05, 3.63) is 0 Å². The number of ether oxygens (including phenoxy) is 1. The van der Waals surface area contributed by atoms with Crippen molar-refractivity contribution in [2.75, 3.05) is 32.1 Å². The number of tetrazole rings is 1. The Morgan fingerprint density at radius 3 is 3.00 bits per heavy atom. The van der Waals surface area contributed by atoms with E-state index in [1.807, 2.05) is 0 Å². The summed E-state index contributed by atoms with van der Waals surface area (Å²) in [6.45, 7) is 0.511. The average molecular weight is 326 g/mol. The Kier molecular flexibility index (Phi) is 5.36. The second-order valence-corrected chi connectivity index (χ2v) is 5.03. The normalized spacial score (nSPS) is 16.8. The van der Waals surface area contributed by atoms with Gasteiger partial charge in [0.1, 0.15) is 6.54 Å². The number of rotatable bonds is 4. The maximum atomic E-state index is 12.3. The number of amides is 1. The highest BCUT2D eigenvalue weighted by atomic mass is 32.2. The number of halogens is 3. The quantitative estimate of drug-likeness (QED) is 0.760. The summed E-state index contributed by atoms with van der Waals surface area (Å²) in [6, 6.07) is 0. The van der Waals surface area contributed by atoms with E-state index in [9.17, 15) is 18.0 Å². The van der Waals surface area contributed by atoms with E-state index in [2.05, 4.69) is 21.0 Å². The van der Waals surface area contributed by atoms with Crippen LogP contribution < -0.4 is 5.43 Å². The number of carbonyl (C=O) groups excluding carboxylic acids is 1. The van der Waals surface area contributed by atoms with Crippen LogP contribution in [0.2, 0.25) is 0 Å². The Labute approximate surface area is 122 Å². The zero-order valence-electron chi connectivity index (χ0n) is 10.8. The van der Waals surface area contributed by atoms with Crippen LogP contribution in [0.1, 0.15) is 0 Å². The Balaban J connectivity index is 1.87. The van der Waals surface area contributed by atoms with E-state index in [1.54, 1.807) is 0 Å². The number of thioether (sulfide) groups is 1. The van der Waals surface area contributed by atoms with Gasteiger partial charge in [-0.3, -0.25) is 9.80 Å². The number of aromatic nitrogens is 4. The third kappa shape index (κ3) is 5.13. The van der Waals surface area contributed by atoms with Crippen LogP contribution in [0, 0.1) is 0 Å². The molecule has 2 rings (SSSR count). The first-order valence-corrected chi connectivity index (χ1v) is 7.01. The highest BCUT2D eigenvalue weighted by Gasteiger charge is 2.30. The Morgan fingerprint density at radius 1 is 1.43 bits per heavy atom. The lowest BCUT2D eigenvalue weighted by molar-refractivity contribution is -0.144. The predicted molar refractivity (Wildman–Crippen MR) is 65.1 cm³/mol. The van der Waals surface area contributed by atoms with Gasteiger partial charge in [0.2, 0.25) is 11.1 Å². The Bertz CT molecular complexity index is 474. The third-order valence-corrected chi connectivity index (χ3v) is 3.40. The molecule has 0 aliphatic carbocycles. The molecule has 1 aromatic heterocycles. The van der Waals surface area contributed by atoms with Crippen molar-refractivity contribution in [1.82, 2.24) is 30.6 Å². The van der Waals surface area contributed by atoms with Gasteiger partial charge in [0.25, 0.3) is 0 Å². The monoisotopic (exact) mass is 326 g/mol. The fourth-order valence-electron chi connectivity index (χ4n) is 1.58. The van der Waals surface area contributed by atoms with Crippen molar-refractivity contribution in [2.24, 2.45) is 0 Å². The maximum Gasteiger partial charge on any atom is 0.408 e. The summed E-state index contributed by atoms with van der Waals surface area (Å²) in [5.74, 6) is -0.335. The van der Waals surface area contributed by atoms with Crippen LogP contribution in [-0.4, -0.2) is 69.4 Å². The minimum atomic E-state index is -4.42. The molecule has 1 fully saturated rings. The van der Waals surface area contributed by atoms with E-state index in [0.717, 1.165) is 11.8 Å². The van der Waals surface area contributed by atoms with E-state index in [1.165, 1.54) is 5.01 Å². The number of hydrogen-bond acceptors (Lipinski definition) is 7. The van der Waals surface area contributed by atoms with Crippen LogP contribution in [0.5, 0.6) is 0 Å². The van der Waals surface area contributed by atoms with Crippen LogP contribution in [0.4, 0.5) is 13.2 Å². The summed E-state index contributed by atoms with van der Waals surface area (Å²) in [5.41, 5.74) is 2.87. The first-order chi connectivity index (χ1) is 9.96. The molecule has 1 saturated heterocycles. The smallest absolute Gasteiger partial charge is 0.378 e. The van der Waals surface area contributed by atoms with E-state index < -0.39 is 12.7 Å². The minimum absolute atomic E-state index is 0.0493. The molecular weight excluding hydrogens is 313 g/mol. The number of hydrazine groups is 1. The zero-order chi connectivity index (χ0) is 15.3. The van der Waals surface area contributed by atoms with E-state index in [0.29, 0.717) is 31.0 Å². The zero-order valence-corrected chi connectivity index (χ0v) is 11.7. The fourth-order valence-corrected chi connectivity index (χ4v) is 2.33. The molecule has 0 spiro atoms. The fraction of sp³-hybridized carbons (Fsp3) is 0.778. The first kappa shape index (κ1) is 16.0. The number of hydrogen-bond donors (Lipinski definition) is 1. The molecule has 8 nitrogen and oxygen atoms in total. The number of nitrogens with zero attached hydrogens (tertiary/aromatic N) is 5. The minimum Gasteiger partial charge on any atom is -0.378 e. The van der Waals surface area contributed by atoms with Crippen molar-refractivity contribution in [3.63, 3.8) is 0 Å². The van der Waals surface area contributed by atoms with Gasteiger partial charge in [-0.05, 0) is 10.4 Å². The molecule has 0 aromatic carbocycles. The molecule has 21 heavy (non-hydrogen) atoms. The molecule has 1 aromatic rings. The highest BCUT2D eigenvalue weighted by molar-refractivity contribution is 7.99. The Morgan fingerprint density at radius 2 is 2.24 bits per heavy atom. The van der Waals surface area contributed by atoms with Crippen LogP contribution in [-0.2, 0) is 16.1 Å². The SMILES string of the molecule is O=C(CSc1nnnn1CC(F)(F)F)N1CCOCCN1. The van der Waals surface area contributed by atoms with Crippen molar-refractivity contribution in [3.8, 4) is 0 Å². The molecule has 2 heterocycles. The van der Waals surface area contributed by atoms with E-state index in [4.69, 9.17) is 4.74 Å². The van der Waals surface area contributed by atoms with Crippen LogP contribution in [0.3, 0.4) is 0 Å². The summed E-state index contributed by atoms with van der Waals surface area (Å²) < 4.78 is 42.7. The summed E-state index contributed by atoms with van der Waals surface area (Å²) in [6.07, 6.45) is -4.42. The molecule has 1 amide bonds. The number of alkyl halides is 3. The largest absolute Gasteiger partial charge is 0.408 e. The summed E-state index contributed by atoms with van der Waals surface area (Å²) >= 11 is 0.858. The summed E-state index contributed by atoms with van der Waals surface area (Å²) in [4.78, 5) is 11.9. The molecule has 1 N–H and O–H groups in total. The molecule has 1 aliphatic heterocycles. The lowest BCUT2D eigenvalue weighted by atomic mass is 10.6. The third-order valence-electron chi connectivity index (χ3n) is 2.46. The van der Waals surface area contributed by atoms with Gasteiger partial charge in [-0.15, -0.1) is 5.10 Å². The molecule has 118 valence electrons. The molecular formula is C9H13F3N6O2S. The lowest BCUT2D eigenvalue weighted by Gasteiger charge is -2.19. The van der Waals surface area contributed by atoms with Gasteiger partial charge < -0.3 is 4.74 Å². The molecule has 0 bridgehead atoms. The van der Waals surface area contributed by atoms with Crippen LogP contribution in [0.25, 0.3) is 0 Å². The lowest BCUT2D eigenvalue weighted by Crippen LogP contribution is -2.44. The van der Waals surface area contributed by atoms with E-state index >= 15 is 0 Å². The second-order valence-electron chi connectivity index (χ2n) is 4.09. The topological polar surface area (TPSA) is 85.2 Å². The molecule has 0 unspecified atom stereocenters. The van der Waals surface area contributed by atoms with Crippen molar-refractivity contribution in [1.29, 1.82) is 0 Å². The van der Waals surface area contributed by atoms with Gasteiger partial charge >= 0.3 is 6.18 Å². The van der Waals surface area contributed by atoms with Crippen molar-refractivity contribution < 1.29 is 22.7 Å². The van der Waals surface area contributed by atoms with Gasteiger partial charge in [-0.2, -0.15) is 13.2 Å². The van der Waals surface area contributed by atoms with Crippen molar-refractivity contribution >= 4 is 17.7 Å². The second kappa shape index (κ2) is 7.04. The number of nitrogens with one attached hydrogen (secondary N) is 1. The Hall–Kier alpha value is -1.40. The summed E-state index contributed by atoms with van der Waals surface area (Å²) in [5, 5.41) is 11.3. The van der Waals surface area contributed by atoms with Gasteiger partial charge in [0.05, 0.1) is 25.5 Å². The first-order valence-electron chi connectivity index (χ1n) is 6.03. The summed E-state index contributed by atoms with van der Waals surface area (Å²) in [7, 11) is 0. The van der Waals surface area contributed by atoms with Gasteiger partial charge in [-0.25, -0.2) is 10.1 Å². The standard InChI is InChI=1S/C9H13F3N6O2S/c10-9(11,12)6-18-8(14-15-16-18)21-5-7(19)17-2-4-20-3-1-13-17/h13H,1-6H2. The van der Waals surface area contributed by atoms with Gasteiger partial charge in [0.15, 0.2) is 0 Å². The van der Waals surface area contributed by atoms with Crippen LogP contribution in [0.15, 0.2) is 5.16 Å². The van der Waals surface area contributed by atoms with Gasteiger partial charge in [0, 0.05) is 6.54 Å². The number of carbonyl (C=O) groups is 1. The van der Waals surface area contributed by atoms with Gasteiger partial charge in [-0.1, -0.05) is 11.8 Å². The molecule has 12 heteroatoms. The highest BCUT2D eigenvalue weighted by Crippen LogP contribution is 2.21. The van der Waals surface area contributed by atoms with Crippen molar-refractivity contribution in [2.45, 2.75) is 17.9 Å².